The summed E-state index contributed by atoms with van der Waals surface area (Å²) in [5.74, 6) is -1.11. The van der Waals surface area contributed by atoms with E-state index in [0.29, 0.717) is 12.3 Å². The van der Waals surface area contributed by atoms with Crippen LogP contribution in [0, 0.1) is 13.8 Å². The number of aromatic hydroxyl groups is 1. The minimum absolute atomic E-state index is 0.127. The number of hydrogen-bond donors (Lipinski definition) is 2. The molecular formula is C25H23NO5. The maximum Gasteiger partial charge on any atom is 0.335 e. The van der Waals surface area contributed by atoms with Gasteiger partial charge in [0.25, 0.3) is 5.91 Å². The molecule has 1 aliphatic rings. The van der Waals surface area contributed by atoms with Crippen molar-refractivity contribution in [2.45, 2.75) is 33.5 Å². The molecule has 1 amide bonds. The molecule has 3 aromatic rings. The fourth-order valence-corrected chi connectivity index (χ4v) is 3.81. The number of carboxylic acid groups (broad SMARTS) is 1. The molecule has 1 aliphatic heterocycles. The van der Waals surface area contributed by atoms with E-state index < -0.39 is 5.97 Å². The molecule has 0 saturated heterocycles. The molecule has 0 aliphatic carbocycles. The Morgan fingerprint density at radius 3 is 2.42 bits per heavy atom. The number of ether oxygens (including phenoxy) is 1. The summed E-state index contributed by atoms with van der Waals surface area (Å²) >= 11 is 0. The highest BCUT2D eigenvalue weighted by atomic mass is 16.5. The maximum atomic E-state index is 13.4. The number of carbonyl (C=O) groups is 2. The Balaban J connectivity index is 1.64. The van der Waals surface area contributed by atoms with Crippen LogP contribution in [0.2, 0.25) is 0 Å². The number of aromatic carboxylic acids is 1. The first-order chi connectivity index (χ1) is 14.8. The number of phenols is 1. The molecule has 3 aromatic carbocycles. The topological polar surface area (TPSA) is 87.1 Å². The Labute approximate surface area is 180 Å². The molecule has 0 unspecified atom stereocenters. The normalized spacial score (nSPS) is 12.5. The Kier molecular flexibility index (Phi) is 5.38. The fraction of sp³-hybridized carbons (Fsp3) is 0.200. The van der Waals surface area contributed by atoms with E-state index in [0.717, 1.165) is 27.8 Å². The second-order valence-corrected chi connectivity index (χ2v) is 7.77. The van der Waals surface area contributed by atoms with E-state index in [1.807, 2.05) is 44.2 Å². The predicted octanol–water partition coefficient (Wildman–Crippen LogP) is 4.44. The summed E-state index contributed by atoms with van der Waals surface area (Å²) in [5, 5.41) is 19.9. The molecular weight excluding hydrogens is 394 g/mol. The van der Waals surface area contributed by atoms with Gasteiger partial charge < -0.3 is 19.8 Å². The standard InChI is InChI=1S/C25H23NO5/c1-15-10-21(27)22(23(16(15)2)31-14-17-6-4-3-5-7-17)24(28)26-12-19-9-8-18(25(29)30)11-20(19)13-26/h3-11,27H,12-14H2,1-2H3,(H,29,30). The maximum absolute atomic E-state index is 13.4. The minimum Gasteiger partial charge on any atom is -0.507 e. The van der Waals surface area contributed by atoms with Gasteiger partial charge in [-0.15, -0.1) is 0 Å². The van der Waals surface area contributed by atoms with Crippen LogP contribution in [-0.2, 0) is 19.7 Å². The van der Waals surface area contributed by atoms with Crippen LogP contribution in [0.15, 0.2) is 54.6 Å². The van der Waals surface area contributed by atoms with Crippen LogP contribution in [0.3, 0.4) is 0 Å². The highest BCUT2D eigenvalue weighted by Crippen LogP contribution is 2.37. The summed E-state index contributed by atoms with van der Waals surface area (Å²) in [6.07, 6.45) is 0. The Bertz CT molecular complexity index is 1170. The third-order valence-corrected chi connectivity index (χ3v) is 5.67. The quantitative estimate of drug-likeness (QED) is 0.641. The van der Waals surface area contributed by atoms with Gasteiger partial charge in [0.1, 0.15) is 23.7 Å². The van der Waals surface area contributed by atoms with Gasteiger partial charge in [-0.3, -0.25) is 4.79 Å². The van der Waals surface area contributed by atoms with Crippen molar-refractivity contribution < 1.29 is 24.5 Å². The van der Waals surface area contributed by atoms with E-state index in [9.17, 15) is 19.8 Å². The van der Waals surface area contributed by atoms with Gasteiger partial charge in [0.15, 0.2) is 0 Å². The molecule has 1 heterocycles. The first-order valence-corrected chi connectivity index (χ1v) is 9.99. The average molecular weight is 417 g/mol. The average Bonchev–Trinajstić information content (AvgIpc) is 3.19. The number of rotatable bonds is 5. The SMILES string of the molecule is Cc1cc(O)c(C(=O)N2Cc3ccc(C(=O)O)cc3C2)c(OCc2ccccc2)c1C. The molecule has 4 rings (SSSR count). The summed E-state index contributed by atoms with van der Waals surface area (Å²) in [6, 6.07) is 16.1. The van der Waals surface area contributed by atoms with Crippen molar-refractivity contribution in [3.05, 3.63) is 93.5 Å². The number of fused-ring (bicyclic) bond motifs is 1. The van der Waals surface area contributed by atoms with Gasteiger partial charge in [-0.2, -0.15) is 0 Å². The zero-order valence-corrected chi connectivity index (χ0v) is 17.4. The summed E-state index contributed by atoms with van der Waals surface area (Å²) in [6.45, 7) is 4.62. The van der Waals surface area contributed by atoms with Crippen LogP contribution >= 0.6 is 0 Å². The smallest absolute Gasteiger partial charge is 0.335 e. The van der Waals surface area contributed by atoms with Gasteiger partial charge >= 0.3 is 5.97 Å². The first-order valence-electron chi connectivity index (χ1n) is 9.99. The van der Waals surface area contributed by atoms with Crippen molar-refractivity contribution in [3.63, 3.8) is 0 Å². The van der Waals surface area contributed by atoms with Crippen LogP contribution in [0.4, 0.5) is 0 Å². The van der Waals surface area contributed by atoms with E-state index in [1.54, 1.807) is 23.1 Å². The molecule has 6 heteroatoms. The second kappa shape index (κ2) is 8.14. The van der Waals surface area contributed by atoms with Crippen LogP contribution in [0.1, 0.15) is 48.5 Å². The molecule has 0 bridgehead atoms. The summed E-state index contributed by atoms with van der Waals surface area (Å²) in [7, 11) is 0. The fourth-order valence-electron chi connectivity index (χ4n) is 3.81. The number of phenolic OH excluding ortho intramolecular Hbond substituents is 1. The van der Waals surface area contributed by atoms with Gasteiger partial charge in [-0.25, -0.2) is 4.79 Å². The zero-order valence-electron chi connectivity index (χ0n) is 17.4. The number of amides is 1. The largest absolute Gasteiger partial charge is 0.507 e. The molecule has 31 heavy (non-hydrogen) atoms. The number of nitrogens with zero attached hydrogens (tertiary/aromatic N) is 1. The Morgan fingerprint density at radius 2 is 1.71 bits per heavy atom. The molecule has 0 atom stereocenters. The number of hydrogen-bond acceptors (Lipinski definition) is 4. The van der Waals surface area contributed by atoms with Crippen molar-refractivity contribution in [3.8, 4) is 11.5 Å². The number of benzene rings is 3. The highest BCUT2D eigenvalue weighted by molar-refractivity contribution is 6.00. The molecule has 0 radical (unpaired) electrons. The molecule has 0 saturated carbocycles. The first kappa shape index (κ1) is 20.5. The van der Waals surface area contributed by atoms with Crippen LogP contribution < -0.4 is 4.74 Å². The van der Waals surface area contributed by atoms with Gasteiger partial charge in [0, 0.05) is 13.1 Å². The van der Waals surface area contributed by atoms with Gasteiger partial charge in [0.05, 0.1) is 5.56 Å². The number of aryl methyl sites for hydroxylation is 1. The third-order valence-electron chi connectivity index (χ3n) is 5.67. The minimum atomic E-state index is -1.00. The summed E-state index contributed by atoms with van der Waals surface area (Å²) in [5.41, 5.74) is 4.59. The summed E-state index contributed by atoms with van der Waals surface area (Å²) in [4.78, 5) is 26.3. The van der Waals surface area contributed by atoms with Crippen molar-refractivity contribution in [2.24, 2.45) is 0 Å². The van der Waals surface area contributed by atoms with Crippen molar-refractivity contribution in [1.29, 1.82) is 0 Å². The lowest BCUT2D eigenvalue weighted by Gasteiger charge is -2.21. The molecule has 6 nitrogen and oxygen atoms in total. The van der Waals surface area contributed by atoms with Gasteiger partial charge in [-0.1, -0.05) is 36.4 Å². The lowest BCUT2D eigenvalue weighted by atomic mass is 10.0. The van der Waals surface area contributed by atoms with Crippen molar-refractivity contribution >= 4 is 11.9 Å². The highest BCUT2D eigenvalue weighted by Gasteiger charge is 2.30. The lowest BCUT2D eigenvalue weighted by Crippen LogP contribution is -2.26. The number of carboxylic acids is 1. The van der Waals surface area contributed by atoms with Crippen LogP contribution in [0.25, 0.3) is 0 Å². The molecule has 0 aromatic heterocycles. The van der Waals surface area contributed by atoms with E-state index in [2.05, 4.69) is 0 Å². The van der Waals surface area contributed by atoms with Gasteiger partial charge in [0.2, 0.25) is 0 Å². The van der Waals surface area contributed by atoms with E-state index >= 15 is 0 Å². The van der Waals surface area contributed by atoms with Crippen molar-refractivity contribution in [1.82, 2.24) is 4.90 Å². The van der Waals surface area contributed by atoms with E-state index in [1.165, 1.54) is 6.07 Å². The lowest BCUT2D eigenvalue weighted by molar-refractivity contribution is 0.0696. The van der Waals surface area contributed by atoms with Gasteiger partial charge in [-0.05, 0) is 59.9 Å². The van der Waals surface area contributed by atoms with E-state index in [-0.39, 0.29) is 35.9 Å². The molecule has 0 spiro atoms. The van der Waals surface area contributed by atoms with Crippen molar-refractivity contribution in [2.75, 3.05) is 0 Å². The van der Waals surface area contributed by atoms with Crippen LogP contribution in [0.5, 0.6) is 11.5 Å². The van der Waals surface area contributed by atoms with E-state index in [4.69, 9.17) is 4.74 Å². The zero-order chi connectivity index (χ0) is 22.1. The van der Waals surface area contributed by atoms with Crippen LogP contribution in [-0.4, -0.2) is 27.0 Å². The summed E-state index contributed by atoms with van der Waals surface area (Å²) < 4.78 is 6.04. The predicted molar refractivity (Wildman–Crippen MR) is 115 cm³/mol. The third kappa shape index (κ3) is 3.97. The molecule has 158 valence electrons. The Morgan fingerprint density at radius 1 is 1.00 bits per heavy atom. The second-order valence-electron chi connectivity index (χ2n) is 7.77. The Hall–Kier alpha value is -3.80. The molecule has 0 fully saturated rings. The molecule has 2 N–H and O–H groups in total. The monoisotopic (exact) mass is 417 g/mol. The number of carbonyl (C=O) groups excluding carboxylic acids is 1.